The van der Waals surface area contributed by atoms with Crippen LogP contribution in [0.3, 0.4) is 0 Å². The van der Waals surface area contributed by atoms with E-state index in [2.05, 4.69) is 90.5 Å². The van der Waals surface area contributed by atoms with E-state index < -0.39 is 0 Å². The van der Waals surface area contributed by atoms with Gasteiger partial charge in [-0.25, -0.2) is 15.0 Å². The number of rotatable bonds is 5. The Morgan fingerprint density at radius 3 is 1.86 bits per heavy atom. The van der Waals surface area contributed by atoms with Crippen LogP contribution in [0.2, 0.25) is 0 Å². The van der Waals surface area contributed by atoms with Crippen LogP contribution in [0.1, 0.15) is 28.9 Å². The van der Waals surface area contributed by atoms with Gasteiger partial charge in [-0.3, -0.25) is 0 Å². The van der Waals surface area contributed by atoms with Crippen molar-refractivity contribution in [2.75, 3.05) is 4.90 Å². The lowest BCUT2D eigenvalue weighted by molar-refractivity contribution is 0.593. The molecule has 2 aromatic heterocycles. The van der Waals surface area contributed by atoms with Crippen LogP contribution < -0.4 is 4.90 Å². The summed E-state index contributed by atoms with van der Waals surface area (Å²) in [5, 5.41) is 1.09. The lowest BCUT2D eigenvalue weighted by atomic mass is 9.94. The first-order valence-corrected chi connectivity index (χ1v) is 16.8. The van der Waals surface area contributed by atoms with Crippen LogP contribution in [-0.4, -0.2) is 15.0 Å². The van der Waals surface area contributed by atoms with E-state index in [9.17, 15) is 0 Å². The lowest BCUT2D eigenvalue weighted by Crippen LogP contribution is -2.19. The van der Waals surface area contributed by atoms with E-state index in [4.69, 9.17) is 19.4 Å². The maximum absolute atomic E-state index is 6.53. The third-order valence-electron chi connectivity index (χ3n) is 9.37. The average Bonchev–Trinajstić information content (AvgIpc) is 3.55. The van der Waals surface area contributed by atoms with Crippen molar-refractivity contribution in [1.29, 1.82) is 0 Å². The molecule has 0 spiro atoms. The highest BCUT2D eigenvalue weighted by Crippen LogP contribution is 2.40. The summed E-state index contributed by atoms with van der Waals surface area (Å²) in [7, 11) is 0. The molecule has 0 N–H and O–H groups in total. The second-order valence-corrected chi connectivity index (χ2v) is 12.5. The highest BCUT2D eigenvalue weighted by atomic mass is 16.3. The molecule has 0 saturated carbocycles. The molecular weight excluding hydrogens is 613 g/mol. The summed E-state index contributed by atoms with van der Waals surface area (Å²) < 4.78 is 6.53. The second kappa shape index (κ2) is 12.5. The molecule has 0 radical (unpaired) electrons. The van der Waals surface area contributed by atoms with Crippen molar-refractivity contribution in [1.82, 2.24) is 15.0 Å². The van der Waals surface area contributed by atoms with Crippen molar-refractivity contribution in [2.24, 2.45) is 0 Å². The van der Waals surface area contributed by atoms with Crippen LogP contribution in [0.25, 0.3) is 62.4 Å². The summed E-state index contributed by atoms with van der Waals surface area (Å²) >= 11 is 0. The third kappa shape index (κ3) is 5.45. The zero-order valence-corrected chi connectivity index (χ0v) is 27.3. The van der Waals surface area contributed by atoms with E-state index in [-0.39, 0.29) is 0 Å². The summed E-state index contributed by atoms with van der Waals surface area (Å²) in [4.78, 5) is 17.1. The van der Waals surface area contributed by atoms with E-state index in [1.165, 1.54) is 11.3 Å². The molecular formula is C45H32N4O. The van der Waals surface area contributed by atoms with Gasteiger partial charge in [-0.2, -0.15) is 0 Å². The largest absolute Gasteiger partial charge is 0.456 e. The Morgan fingerprint density at radius 1 is 0.580 bits per heavy atom. The predicted molar refractivity (Wildman–Crippen MR) is 204 cm³/mol. The average molecular weight is 645 g/mol. The van der Waals surface area contributed by atoms with Gasteiger partial charge in [0, 0.05) is 51.2 Å². The number of hydrogen-bond donors (Lipinski definition) is 0. The Kier molecular flexibility index (Phi) is 7.36. The van der Waals surface area contributed by atoms with Gasteiger partial charge < -0.3 is 9.32 Å². The van der Waals surface area contributed by atoms with Gasteiger partial charge in [0.15, 0.2) is 17.5 Å². The van der Waals surface area contributed by atoms with Crippen LogP contribution >= 0.6 is 0 Å². The molecule has 3 heterocycles. The van der Waals surface area contributed by atoms with E-state index in [1.54, 1.807) is 0 Å². The van der Waals surface area contributed by atoms with E-state index >= 15 is 0 Å². The molecule has 50 heavy (non-hydrogen) atoms. The minimum absolute atomic E-state index is 0.631. The highest BCUT2D eigenvalue weighted by Gasteiger charge is 2.24. The molecule has 7 aromatic rings. The molecule has 5 heteroatoms. The number of furan rings is 1. The summed E-state index contributed by atoms with van der Waals surface area (Å²) in [5.41, 5.74) is 11.5. The number of fused-ring (bicyclic) bond motifs is 4. The number of aryl methyl sites for hydroxylation is 1. The molecule has 0 unspecified atom stereocenters. The number of benzene rings is 5. The standard InChI is InChI=1S/C45H32N4O/c1-30-27-34(31-13-5-2-6-14-31)25-26-49(40-20-12-11-19-37(30)40)36-22-23-38-39-28-35(21-24-41(39)50-42(38)29-36)45-47-43(32-15-7-3-8-16-32)46-44(48-45)33-17-9-4-10-18-33/h2-21,24-29H,1,22-23H2/b26-25-,34-27+. The van der Waals surface area contributed by atoms with Gasteiger partial charge in [-0.05, 0) is 66.0 Å². The Morgan fingerprint density at radius 2 is 1.18 bits per heavy atom. The van der Waals surface area contributed by atoms with Crippen molar-refractivity contribution >= 4 is 33.9 Å². The molecule has 0 bridgehead atoms. The number of aromatic nitrogens is 3. The molecule has 0 amide bonds. The molecule has 1 aliphatic carbocycles. The molecule has 2 aliphatic rings. The summed E-state index contributed by atoms with van der Waals surface area (Å²) in [6.45, 7) is 4.47. The highest BCUT2D eigenvalue weighted by molar-refractivity contribution is 5.94. The Hall–Kier alpha value is -6.59. The van der Waals surface area contributed by atoms with Crippen LogP contribution in [-0.2, 0) is 6.42 Å². The fourth-order valence-electron chi connectivity index (χ4n) is 6.85. The normalized spacial score (nSPS) is 15.7. The fraction of sp³-hybridized carbons (Fsp3) is 0.0444. The van der Waals surface area contributed by atoms with Crippen LogP contribution in [0.4, 0.5) is 5.69 Å². The van der Waals surface area contributed by atoms with Gasteiger partial charge in [-0.1, -0.05) is 116 Å². The molecule has 0 saturated heterocycles. The Bertz CT molecular complexity index is 2430. The SMILES string of the molecule is C=C1/C=C(c2ccccc2)\C=C/N(C2=Cc3oc4ccc(-c5nc(-c6ccccc6)nc(-c6ccccc6)n5)cc4c3CC2)c2ccccc21. The van der Waals surface area contributed by atoms with E-state index in [0.717, 1.165) is 74.2 Å². The van der Waals surface area contributed by atoms with Gasteiger partial charge in [0.05, 0.1) is 5.69 Å². The van der Waals surface area contributed by atoms with Crippen molar-refractivity contribution in [2.45, 2.75) is 12.8 Å². The lowest BCUT2D eigenvalue weighted by Gasteiger charge is -2.29. The van der Waals surface area contributed by atoms with E-state index in [0.29, 0.717) is 17.5 Å². The molecule has 0 fully saturated rings. The number of para-hydroxylation sites is 1. The minimum Gasteiger partial charge on any atom is -0.456 e. The molecule has 0 atom stereocenters. The zero-order valence-electron chi connectivity index (χ0n) is 27.3. The van der Waals surface area contributed by atoms with Gasteiger partial charge in [0.25, 0.3) is 0 Å². The monoisotopic (exact) mass is 644 g/mol. The fourth-order valence-corrected chi connectivity index (χ4v) is 6.85. The predicted octanol–water partition coefficient (Wildman–Crippen LogP) is 11.0. The quantitative estimate of drug-likeness (QED) is 0.187. The third-order valence-corrected chi connectivity index (χ3v) is 9.37. The van der Waals surface area contributed by atoms with Gasteiger partial charge in [0.2, 0.25) is 0 Å². The Balaban J connectivity index is 1.12. The van der Waals surface area contributed by atoms with E-state index in [1.807, 2.05) is 78.9 Å². The number of anilines is 1. The first-order valence-electron chi connectivity index (χ1n) is 16.8. The topological polar surface area (TPSA) is 55.1 Å². The van der Waals surface area contributed by atoms with Crippen molar-refractivity contribution < 1.29 is 4.42 Å². The second-order valence-electron chi connectivity index (χ2n) is 12.5. The number of nitrogens with zero attached hydrogens (tertiary/aromatic N) is 4. The zero-order chi connectivity index (χ0) is 33.4. The molecule has 1 aliphatic heterocycles. The maximum atomic E-state index is 6.53. The number of allylic oxidation sites excluding steroid dienone is 5. The Labute approximate surface area is 290 Å². The maximum Gasteiger partial charge on any atom is 0.164 e. The smallest absolute Gasteiger partial charge is 0.164 e. The first kappa shape index (κ1) is 29.5. The summed E-state index contributed by atoms with van der Waals surface area (Å²) in [6, 6.07) is 45.3. The molecule has 5 aromatic carbocycles. The van der Waals surface area contributed by atoms with Crippen molar-refractivity contribution in [3.8, 4) is 34.2 Å². The molecule has 5 nitrogen and oxygen atoms in total. The van der Waals surface area contributed by atoms with Crippen molar-refractivity contribution in [3.63, 3.8) is 0 Å². The summed E-state index contributed by atoms with van der Waals surface area (Å²) in [5.74, 6) is 2.80. The van der Waals surface area contributed by atoms with Gasteiger partial charge in [0.1, 0.15) is 11.3 Å². The van der Waals surface area contributed by atoms with Crippen LogP contribution in [0.15, 0.2) is 169 Å². The molecule has 238 valence electrons. The van der Waals surface area contributed by atoms with Crippen LogP contribution in [0.5, 0.6) is 0 Å². The molecule has 9 rings (SSSR count). The van der Waals surface area contributed by atoms with Gasteiger partial charge >= 0.3 is 0 Å². The number of hydrogen-bond acceptors (Lipinski definition) is 5. The first-order chi connectivity index (χ1) is 24.7. The van der Waals surface area contributed by atoms with Gasteiger partial charge in [-0.15, -0.1) is 0 Å². The summed E-state index contributed by atoms with van der Waals surface area (Å²) in [6.07, 6.45) is 10.4. The minimum atomic E-state index is 0.631. The van der Waals surface area contributed by atoms with Crippen LogP contribution in [0, 0.1) is 0 Å². The van der Waals surface area contributed by atoms with Crippen molar-refractivity contribution in [3.05, 3.63) is 187 Å².